The van der Waals surface area contributed by atoms with Gasteiger partial charge in [0, 0.05) is 0 Å². The van der Waals surface area contributed by atoms with Gasteiger partial charge in [0.05, 0.1) is 21.3 Å². The van der Waals surface area contributed by atoms with Crippen LogP contribution in [-0.2, 0) is 18.4 Å². The van der Waals surface area contributed by atoms with Gasteiger partial charge >= 0.3 is 13.6 Å². The predicted molar refractivity (Wildman–Crippen MR) is 65.6 cm³/mol. The van der Waals surface area contributed by atoms with Crippen LogP contribution in [-0.4, -0.2) is 37.6 Å². The first-order valence-electron chi connectivity index (χ1n) is 5.30. The highest BCUT2D eigenvalue weighted by atomic mass is 31.2. The number of carboxylic acids is 1. The quantitative estimate of drug-likeness (QED) is 0.567. The van der Waals surface area contributed by atoms with Gasteiger partial charge in [-0.2, -0.15) is 0 Å². The Morgan fingerprint density at radius 2 is 1.62 bits per heavy atom. The molecule has 16 heavy (non-hydrogen) atoms. The van der Waals surface area contributed by atoms with Crippen LogP contribution in [0.5, 0.6) is 0 Å². The summed E-state index contributed by atoms with van der Waals surface area (Å²) in [5.74, 6) is -1.09. The molecule has 0 aliphatic rings. The lowest BCUT2D eigenvalue weighted by Gasteiger charge is -2.31. The lowest BCUT2D eigenvalue weighted by Crippen LogP contribution is -2.44. The summed E-state index contributed by atoms with van der Waals surface area (Å²) in [5, 5.41) is 8.19. The zero-order chi connectivity index (χ0) is 13.0. The Hall–Kier alpha value is -0.163. The van der Waals surface area contributed by atoms with E-state index in [0.717, 1.165) is 0 Å². The van der Waals surface area contributed by atoms with E-state index in [2.05, 4.69) is 0 Å². The van der Waals surface area contributed by atoms with Gasteiger partial charge in [0.25, 0.3) is 0 Å². The van der Waals surface area contributed by atoms with Crippen molar-refractivity contribution in [2.75, 3.05) is 13.2 Å². The molecule has 5 nitrogen and oxygen atoms in total. The molecule has 0 saturated carbocycles. The molecule has 0 aliphatic carbocycles. The van der Waals surface area contributed by atoms with Crippen molar-refractivity contribution in [2.45, 2.75) is 38.8 Å². The van der Waals surface area contributed by atoms with Crippen LogP contribution >= 0.6 is 7.60 Å². The number of carboxylic acid groups (broad SMARTS) is 1. The fourth-order valence-electron chi connectivity index (χ4n) is 1.53. The Balaban J connectivity index is 5.27. The van der Waals surface area contributed by atoms with E-state index in [1.54, 1.807) is 13.8 Å². The summed E-state index contributed by atoms with van der Waals surface area (Å²) in [6, 6.07) is 0. The number of hydrogen-bond donors (Lipinski definition) is 1. The van der Waals surface area contributed by atoms with E-state index >= 15 is 0 Å². The maximum absolute atomic E-state index is 12.4. The lowest BCUT2D eigenvalue weighted by atomic mass is 10.8. The minimum Gasteiger partial charge on any atom is -0.481 e. The highest BCUT2D eigenvalue weighted by Crippen LogP contribution is 2.55. The molecule has 1 N–H and O–H groups in total. The summed E-state index contributed by atoms with van der Waals surface area (Å²) in [6.07, 6.45) is 0. The maximum Gasteiger partial charge on any atom is 0.342 e. The molecule has 1 unspecified atom stereocenters. The largest absolute Gasteiger partial charge is 0.481 e. The van der Waals surface area contributed by atoms with Crippen LogP contribution in [0.15, 0.2) is 0 Å². The third-order valence-electron chi connectivity index (χ3n) is 1.99. The fourth-order valence-corrected chi connectivity index (χ4v) is 7.87. The number of carbonyl (C=O) groups is 1. The summed E-state index contributed by atoms with van der Waals surface area (Å²) >= 11 is 0. The highest BCUT2D eigenvalue weighted by Gasteiger charge is 2.49. The SMILES string of the molecule is CCOP(=O)(OCC)C(C(=O)O)[Si](C)(C)C. The van der Waals surface area contributed by atoms with Crippen LogP contribution in [0.25, 0.3) is 0 Å². The third-order valence-corrected chi connectivity index (χ3v) is 9.24. The molecule has 0 rings (SSSR count). The molecule has 0 aromatic carbocycles. The van der Waals surface area contributed by atoms with Gasteiger partial charge in [0.2, 0.25) is 0 Å². The van der Waals surface area contributed by atoms with Crippen molar-refractivity contribution in [1.29, 1.82) is 0 Å². The van der Waals surface area contributed by atoms with E-state index in [4.69, 9.17) is 9.05 Å². The number of aliphatic carboxylic acids is 1. The average molecular weight is 268 g/mol. The van der Waals surface area contributed by atoms with E-state index in [1.165, 1.54) is 0 Å². The van der Waals surface area contributed by atoms with Gasteiger partial charge < -0.3 is 14.2 Å². The molecular formula is C9H21O5PSi. The Bertz CT molecular complexity index is 276. The second kappa shape index (κ2) is 5.96. The van der Waals surface area contributed by atoms with Crippen molar-refractivity contribution in [1.82, 2.24) is 0 Å². The summed E-state index contributed by atoms with van der Waals surface area (Å²) in [7, 11) is -5.72. The fraction of sp³-hybridized carbons (Fsp3) is 0.889. The van der Waals surface area contributed by atoms with Gasteiger partial charge in [-0.25, -0.2) is 0 Å². The van der Waals surface area contributed by atoms with Crippen LogP contribution in [0.2, 0.25) is 19.6 Å². The van der Waals surface area contributed by atoms with Gasteiger partial charge in [-0.3, -0.25) is 9.36 Å². The first-order chi connectivity index (χ1) is 7.19. The molecule has 0 aliphatic heterocycles. The van der Waals surface area contributed by atoms with Gasteiger partial charge in [-0.1, -0.05) is 19.6 Å². The molecule has 0 fully saturated rings. The normalized spacial score (nSPS) is 14.8. The summed E-state index contributed by atoms with van der Waals surface area (Å²) < 4.78 is 22.6. The van der Waals surface area contributed by atoms with Crippen LogP contribution < -0.4 is 0 Å². The van der Waals surface area contributed by atoms with Crippen molar-refractivity contribution in [2.24, 2.45) is 0 Å². The topological polar surface area (TPSA) is 72.8 Å². The Morgan fingerprint density at radius 3 is 1.81 bits per heavy atom. The molecule has 7 heteroatoms. The predicted octanol–water partition coefficient (Wildman–Crippen LogP) is 2.58. The van der Waals surface area contributed by atoms with Crippen LogP contribution in [0, 0.1) is 0 Å². The summed E-state index contributed by atoms with van der Waals surface area (Å²) in [4.78, 5) is 11.2. The summed E-state index contributed by atoms with van der Waals surface area (Å²) in [5.41, 5.74) is 0. The van der Waals surface area contributed by atoms with Crippen molar-refractivity contribution in [3.63, 3.8) is 0 Å². The molecule has 96 valence electrons. The van der Waals surface area contributed by atoms with E-state index in [0.29, 0.717) is 0 Å². The number of rotatable bonds is 7. The van der Waals surface area contributed by atoms with E-state index in [-0.39, 0.29) is 13.2 Å². The molecule has 0 aromatic rings. The molecule has 0 radical (unpaired) electrons. The molecule has 0 spiro atoms. The van der Waals surface area contributed by atoms with Crippen LogP contribution in [0.3, 0.4) is 0 Å². The van der Waals surface area contributed by atoms with Gasteiger partial charge in [-0.15, -0.1) is 0 Å². The van der Waals surface area contributed by atoms with E-state index < -0.39 is 26.9 Å². The minimum atomic E-state index is -3.54. The zero-order valence-electron chi connectivity index (χ0n) is 10.5. The average Bonchev–Trinajstić information content (AvgIpc) is 1.99. The second-order valence-corrected chi connectivity index (χ2v) is 12.4. The Labute approximate surface area is 97.7 Å². The molecule has 1 atom stereocenters. The first-order valence-corrected chi connectivity index (χ1v) is 10.5. The first kappa shape index (κ1) is 15.8. The van der Waals surface area contributed by atoms with E-state index in [9.17, 15) is 14.5 Å². The van der Waals surface area contributed by atoms with Crippen molar-refractivity contribution < 1.29 is 23.5 Å². The standard InChI is InChI=1S/C9H21O5PSi/c1-6-13-15(12,14-7-2)9(8(10)11)16(3,4)5/h9H,6-7H2,1-5H3,(H,10,11). The monoisotopic (exact) mass is 268 g/mol. The van der Waals surface area contributed by atoms with Crippen LogP contribution in [0.1, 0.15) is 13.8 Å². The Kier molecular flexibility index (Phi) is 5.90. The zero-order valence-corrected chi connectivity index (χ0v) is 12.4. The lowest BCUT2D eigenvalue weighted by molar-refractivity contribution is -0.135. The van der Waals surface area contributed by atoms with Gasteiger partial charge in [0.15, 0.2) is 0 Å². The second-order valence-electron chi connectivity index (χ2n) is 4.48. The van der Waals surface area contributed by atoms with Gasteiger partial charge in [0.1, 0.15) is 5.28 Å². The smallest absolute Gasteiger partial charge is 0.342 e. The third kappa shape index (κ3) is 4.01. The summed E-state index contributed by atoms with van der Waals surface area (Å²) in [6.45, 7) is 9.25. The molecule has 0 bridgehead atoms. The molecule has 0 amide bonds. The minimum absolute atomic E-state index is 0.186. The molecular weight excluding hydrogens is 247 g/mol. The maximum atomic E-state index is 12.4. The molecule has 0 aromatic heterocycles. The van der Waals surface area contributed by atoms with Gasteiger partial charge in [-0.05, 0) is 13.8 Å². The molecule has 0 heterocycles. The van der Waals surface area contributed by atoms with Crippen molar-refractivity contribution in [3.05, 3.63) is 0 Å². The number of hydrogen-bond acceptors (Lipinski definition) is 4. The highest BCUT2D eigenvalue weighted by molar-refractivity contribution is 7.59. The van der Waals surface area contributed by atoms with Crippen molar-refractivity contribution >= 4 is 21.6 Å². The van der Waals surface area contributed by atoms with E-state index in [1.807, 2.05) is 19.6 Å². The van der Waals surface area contributed by atoms with Crippen LogP contribution in [0.4, 0.5) is 0 Å². The molecule has 0 saturated heterocycles. The van der Waals surface area contributed by atoms with Crippen molar-refractivity contribution in [3.8, 4) is 0 Å². The Morgan fingerprint density at radius 1 is 1.25 bits per heavy atom.